The zero-order valence-electron chi connectivity index (χ0n) is 54.1. The summed E-state index contributed by atoms with van der Waals surface area (Å²) in [5.74, 6) is -5.11. The fraction of sp³-hybridized carbons (Fsp3) is 0.559. The van der Waals surface area contributed by atoms with Gasteiger partial charge in [0.25, 0.3) is 0 Å². The summed E-state index contributed by atoms with van der Waals surface area (Å²) < 4.78 is 5.35. The number of halogens is 3. The van der Waals surface area contributed by atoms with Gasteiger partial charge in [-0.3, -0.25) is 57.5 Å². The van der Waals surface area contributed by atoms with Gasteiger partial charge in [-0.15, -0.1) is 0 Å². The number of aliphatic hydroxyl groups excluding tert-OH is 1. The lowest BCUT2D eigenvalue weighted by molar-refractivity contribution is -0.158. The topological polar surface area (TPSA) is 322 Å². The average molecular weight is 1400 g/mol. The molecular weight excluding hydrogens is 1300 g/mol. The van der Waals surface area contributed by atoms with E-state index in [0.717, 1.165) is 43.8 Å². The third kappa shape index (κ3) is 21.1. The minimum atomic E-state index is -1.47. The van der Waals surface area contributed by atoms with Crippen molar-refractivity contribution >= 4 is 123 Å². The van der Waals surface area contributed by atoms with Crippen LogP contribution >= 0.6 is 34.8 Å². The lowest BCUT2D eigenvalue weighted by Gasteiger charge is -2.37. The first-order chi connectivity index (χ1) is 44.3. The van der Waals surface area contributed by atoms with Crippen molar-refractivity contribution in [1.29, 1.82) is 0 Å². The van der Waals surface area contributed by atoms with Crippen LogP contribution in [0.1, 0.15) is 129 Å². The quantitative estimate of drug-likeness (QED) is 0.0584. The first kappa shape index (κ1) is 78.8. The molecular formula is C68H93Cl3N10O15. The van der Waals surface area contributed by atoms with E-state index in [0.29, 0.717) is 83.6 Å². The van der Waals surface area contributed by atoms with Gasteiger partial charge in [0.2, 0.25) is 41.4 Å². The second kappa shape index (κ2) is 34.4. The Bertz CT molecular complexity index is 3400. The van der Waals surface area contributed by atoms with E-state index in [-0.39, 0.29) is 128 Å². The van der Waals surface area contributed by atoms with E-state index >= 15 is 0 Å². The predicted molar refractivity (Wildman–Crippen MR) is 365 cm³/mol. The number of carbonyl (C=O) groups excluding carboxylic acids is 11. The number of carboxylic acids is 1. The summed E-state index contributed by atoms with van der Waals surface area (Å²) in [6, 6.07) is 17.6. The molecule has 28 heteroatoms. The van der Waals surface area contributed by atoms with E-state index in [1.54, 1.807) is 35.5 Å². The maximum absolute atomic E-state index is 12.9. The zero-order chi connectivity index (χ0) is 68.9. The van der Waals surface area contributed by atoms with Crippen LogP contribution in [-0.4, -0.2) is 209 Å². The fourth-order valence-corrected chi connectivity index (χ4v) is 12.7. The standard InChI is InChI=1S/C24H32ClN3O5.C22H29ClN4O5.C20H24ClN3O5.2CH4/c1-16-13-17(5-6-18(16)25)27-9-11-28(12-10-27)21(31)7-8-24(19(29)14-20(30)26-24)15-22(32)33-23(2,3)4;1-15-12-16(2-3-17(15)23)26-7-9-27(10-8-26)21(32)4-5-22(14-20(31)24-6-11-28)18(29)13-19(30)25-22;1-13-10-14(2-3-15(13)21)23-6-8-24(9-7-23)18(27)4-5-20(12-19(28)29)16(25)11-17(26)22-20;;/h5-6,13H,7-12,14-15H2,1-4H3,(H,26,30);2-3,12,28H,4-11,13-14H2,1H3,(H,24,31)(H,25,30);2-3,10H,4-9,11-12H2,1H3,(H,22,26)(H,28,29);2*1H4. The van der Waals surface area contributed by atoms with Crippen molar-refractivity contribution in [2.45, 2.75) is 156 Å². The van der Waals surface area contributed by atoms with Crippen molar-refractivity contribution in [1.82, 2.24) is 36.0 Å². The molecule has 6 fully saturated rings. The number of piperazine rings is 3. The largest absolute Gasteiger partial charge is 0.481 e. The second-order valence-corrected chi connectivity index (χ2v) is 26.9. The molecule has 9 rings (SSSR count). The first-order valence-corrected chi connectivity index (χ1v) is 32.7. The monoisotopic (exact) mass is 1390 g/mol. The summed E-state index contributed by atoms with van der Waals surface area (Å²) in [5, 5.41) is 30.4. The molecule has 0 aromatic heterocycles. The van der Waals surface area contributed by atoms with Crippen LogP contribution in [0.3, 0.4) is 0 Å². The number of ether oxygens (including phenoxy) is 1. The Morgan fingerprint density at radius 2 is 0.802 bits per heavy atom. The number of amides is 7. The van der Waals surface area contributed by atoms with Gasteiger partial charge in [-0.2, -0.15) is 0 Å². The smallest absolute Gasteiger partial charge is 0.309 e. The molecule has 0 aliphatic carbocycles. The van der Waals surface area contributed by atoms with Crippen LogP contribution < -0.4 is 36.0 Å². The van der Waals surface area contributed by atoms with Crippen molar-refractivity contribution in [3.05, 3.63) is 86.4 Å². The highest BCUT2D eigenvalue weighted by atomic mass is 35.5. The number of carbonyl (C=O) groups is 12. The van der Waals surface area contributed by atoms with Crippen molar-refractivity contribution in [2.24, 2.45) is 0 Å². The van der Waals surface area contributed by atoms with Gasteiger partial charge in [-0.05, 0) is 132 Å². The van der Waals surface area contributed by atoms with Crippen LogP contribution in [0, 0.1) is 20.8 Å². The molecule has 25 nitrogen and oxygen atoms in total. The van der Waals surface area contributed by atoms with Gasteiger partial charge in [0.15, 0.2) is 17.3 Å². The molecule has 0 bridgehead atoms. The lowest BCUT2D eigenvalue weighted by atomic mass is 9.86. The van der Waals surface area contributed by atoms with Crippen LogP contribution in [0.2, 0.25) is 15.1 Å². The zero-order valence-corrected chi connectivity index (χ0v) is 56.4. The molecule has 7 amide bonds. The molecule has 3 aromatic rings. The third-order valence-electron chi connectivity index (χ3n) is 17.6. The third-order valence-corrected chi connectivity index (χ3v) is 18.9. The number of Topliss-reactive ketones (excluding diaryl/α,β-unsaturated/α-hetero) is 3. The molecule has 6 heterocycles. The summed E-state index contributed by atoms with van der Waals surface area (Å²) in [5.41, 5.74) is 1.26. The Kier molecular flexibility index (Phi) is 28.2. The Labute approximate surface area is 576 Å². The van der Waals surface area contributed by atoms with Crippen LogP contribution in [-0.2, 0) is 62.3 Å². The Hall–Kier alpha value is -7.87. The van der Waals surface area contributed by atoms with Gasteiger partial charge >= 0.3 is 11.9 Å². The second-order valence-electron chi connectivity index (χ2n) is 25.7. The molecule has 96 heavy (non-hydrogen) atoms. The Balaban J connectivity index is 0.000000258. The highest BCUT2D eigenvalue weighted by Gasteiger charge is 2.50. The highest BCUT2D eigenvalue weighted by Crippen LogP contribution is 2.32. The van der Waals surface area contributed by atoms with Gasteiger partial charge in [0, 0.05) is 136 Å². The Morgan fingerprint density at radius 1 is 0.500 bits per heavy atom. The number of aryl methyl sites for hydroxylation is 3. The maximum atomic E-state index is 12.9. The average Bonchev–Trinajstić information content (AvgIpc) is 1.66. The molecule has 526 valence electrons. The number of nitrogens with one attached hydrogen (secondary N) is 4. The number of hydrogen-bond acceptors (Lipinski definition) is 17. The molecule has 6 N–H and O–H groups in total. The van der Waals surface area contributed by atoms with Gasteiger partial charge in [-0.1, -0.05) is 49.7 Å². The summed E-state index contributed by atoms with van der Waals surface area (Å²) in [7, 11) is 0. The number of esters is 1. The van der Waals surface area contributed by atoms with E-state index in [2.05, 4.69) is 36.0 Å². The van der Waals surface area contributed by atoms with Crippen molar-refractivity contribution in [3.63, 3.8) is 0 Å². The van der Waals surface area contributed by atoms with Gasteiger partial charge < -0.3 is 65.6 Å². The number of carboxylic acid groups (broad SMARTS) is 1. The lowest BCUT2D eigenvalue weighted by Crippen LogP contribution is -2.52. The Morgan fingerprint density at radius 3 is 1.06 bits per heavy atom. The highest BCUT2D eigenvalue weighted by molar-refractivity contribution is 6.32. The van der Waals surface area contributed by atoms with Crippen molar-refractivity contribution in [3.8, 4) is 0 Å². The summed E-state index contributed by atoms with van der Waals surface area (Å²) in [4.78, 5) is 158. The summed E-state index contributed by atoms with van der Waals surface area (Å²) >= 11 is 18.3. The van der Waals surface area contributed by atoms with Crippen LogP contribution in [0.15, 0.2) is 54.6 Å². The SMILES string of the molecule is C.C.Cc1cc(N2CCN(C(=O)CCC3(CC(=O)NCCO)NC(=O)CC3=O)CC2)ccc1Cl.Cc1cc(N2CCN(C(=O)CCC3(CC(=O)O)NC(=O)CC3=O)CC2)ccc1Cl.Cc1cc(N2CCN(C(=O)CCC3(CC(=O)OC(C)(C)C)NC(=O)CC3=O)CC2)ccc1Cl. The maximum Gasteiger partial charge on any atom is 0.309 e. The molecule has 3 unspecified atom stereocenters. The first-order valence-electron chi connectivity index (χ1n) is 31.5. The van der Waals surface area contributed by atoms with Gasteiger partial charge in [0.1, 0.15) is 22.2 Å². The number of aliphatic hydroxyl groups is 1. The number of rotatable bonds is 20. The van der Waals surface area contributed by atoms with Crippen molar-refractivity contribution in [2.75, 3.05) is 106 Å². The normalized spacial score (nSPS) is 20.9. The molecule has 0 spiro atoms. The molecule has 6 aliphatic rings. The molecule has 3 atom stereocenters. The minimum absolute atomic E-state index is 0. The van der Waals surface area contributed by atoms with Crippen LogP contribution in [0.5, 0.6) is 0 Å². The fourth-order valence-electron chi connectivity index (χ4n) is 12.4. The summed E-state index contributed by atoms with van der Waals surface area (Å²) in [6.07, 6.45) is -1.65. The number of anilines is 3. The van der Waals surface area contributed by atoms with Gasteiger partial charge in [-0.25, -0.2) is 0 Å². The number of nitrogens with zero attached hydrogens (tertiary/aromatic N) is 6. The van der Waals surface area contributed by atoms with Crippen molar-refractivity contribution < 1.29 is 72.5 Å². The number of benzene rings is 3. The predicted octanol–water partition coefficient (Wildman–Crippen LogP) is 5.69. The van der Waals surface area contributed by atoms with Crippen LogP contribution in [0.4, 0.5) is 17.1 Å². The number of ketones is 3. The van der Waals surface area contributed by atoms with E-state index in [1.165, 1.54) is 0 Å². The van der Waals surface area contributed by atoms with E-state index in [4.69, 9.17) is 49.8 Å². The molecule has 6 aliphatic heterocycles. The van der Waals surface area contributed by atoms with E-state index < -0.39 is 70.0 Å². The van der Waals surface area contributed by atoms with Crippen LogP contribution in [0.25, 0.3) is 0 Å². The number of aliphatic carboxylic acids is 1. The van der Waals surface area contributed by atoms with E-state index in [9.17, 15) is 57.5 Å². The molecule has 6 saturated heterocycles. The molecule has 0 saturated carbocycles. The minimum Gasteiger partial charge on any atom is -0.481 e. The summed E-state index contributed by atoms with van der Waals surface area (Å²) in [6.45, 7) is 18.2. The van der Waals surface area contributed by atoms with E-state index in [1.807, 2.05) is 75.4 Å². The molecule has 3 aromatic carbocycles. The molecule has 0 radical (unpaired) electrons. The van der Waals surface area contributed by atoms with Gasteiger partial charge in [0.05, 0.1) is 45.1 Å². The number of hydrogen-bond donors (Lipinski definition) is 6.